The van der Waals surface area contributed by atoms with Gasteiger partial charge in [-0.25, -0.2) is 4.79 Å². The van der Waals surface area contributed by atoms with Crippen LogP contribution in [0, 0.1) is 0 Å². The van der Waals surface area contributed by atoms with Crippen molar-refractivity contribution in [2.45, 2.75) is 91.2 Å². The standard InChI is InChI=1S/C14H25N3O9.C14H15O2PS2/c1-3-5(17-12(16)13(23)24)2-4(15)14(25-3)26-11-9(21)7(19)6(18)8(20)10(11)22;1-2-16-17(15,18-13-9-5-3-6-10-13)19-14-11-7-4-8-12-14/h3-11,14,18-22H,2,15H2,1H3,(H2,16,17)(H,23,24);3-12H,2H2,1H3/t3-,4+,5+,6?,7+,8+,9-,10+,11?,14-;/m1./s1. The first-order valence-corrected chi connectivity index (χ1v) is 18.5. The largest absolute Gasteiger partial charge is 0.475 e. The van der Waals surface area contributed by atoms with Crippen LogP contribution in [0.5, 0.6) is 0 Å². The van der Waals surface area contributed by atoms with Gasteiger partial charge in [-0.2, -0.15) is 0 Å². The van der Waals surface area contributed by atoms with Gasteiger partial charge in [-0.15, -0.1) is 0 Å². The van der Waals surface area contributed by atoms with Crippen LogP contribution in [0.2, 0.25) is 0 Å². The highest BCUT2D eigenvalue weighted by Crippen LogP contribution is 2.74. The summed E-state index contributed by atoms with van der Waals surface area (Å²) in [4.78, 5) is 16.5. The number of hydrogen-bond donors (Lipinski definition) is 8. The maximum Gasteiger partial charge on any atom is 0.370 e. The molecular weight excluding hydrogens is 649 g/mol. The Hall–Kier alpha value is -2.05. The van der Waals surface area contributed by atoms with Crippen LogP contribution < -0.4 is 11.5 Å². The average Bonchev–Trinajstić information content (AvgIpc) is 3.00. The number of hydrogen-bond acceptors (Lipinski definition) is 14. The number of nitrogens with two attached hydrogens (primary N) is 2. The topological polar surface area (TPSA) is 248 Å². The van der Waals surface area contributed by atoms with Gasteiger partial charge in [0.2, 0.25) is 5.84 Å². The molecule has 4 rings (SSSR count). The number of aliphatic carboxylic acids is 1. The number of nitrogens with zero attached hydrogens (tertiary/aromatic N) is 1. The lowest BCUT2D eigenvalue weighted by molar-refractivity contribution is -0.293. The van der Waals surface area contributed by atoms with Crippen LogP contribution in [0.15, 0.2) is 75.4 Å². The second-order valence-electron chi connectivity index (χ2n) is 10.2. The van der Waals surface area contributed by atoms with Crippen molar-refractivity contribution in [3.05, 3.63) is 60.7 Å². The highest BCUT2D eigenvalue weighted by atomic mass is 33.1. The van der Waals surface area contributed by atoms with Crippen LogP contribution in [-0.2, 0) is 23.4 Å². The number of rotatable bonds is 9. The fourth-order valence-electron chi connectivity index (χ4n) is 4.47. The third-order valence-corrected chi connectivity index (χ3v) is 13.4. The molecule has 2 aliphatic rings. The molecule has 45 heavy (non-hydrogen) atoms. The van der Waals surface area contributed by atoms with Crippen LogP contribution in [0.3, 0.4) is 0 Å². The first-order chi connectivity index (χ1) is 21.3. The average molecular weight is 690 g/mol. The van der Waals surface area contributed by atoms with Gasteiger partial charge in [0.15, 0.2) is 6.29 Å². The van der Waals surface area contributed by atoms with Crippen molar-refractivity contribution in [1.29, 1.82) is 0 Å². The van der Waals surface area contributed by atoms with E-state index in [1.165, 1.54) is 22.8 Å². The minimum absolute atomic E-state index is 0.145. The van der Waals surface area contributed by atoms with Gasteiger partial charge in [-0.3, -0.25) is 9.56 Å². The first kappa shape index (κ1) is 37.4. The van der Waals surface area contributed by atoms with Crippen LogP contribution >= 0.6 is 28.5 Å². The molecule has 17 heteroatoms. The summed E-state index contributed by atoms with van der Waals surface area (Å²) in [5, 5.41) is 57.8. The van der Waals surface area contributed by atoms with E-state index in [4.69, 9.17) is 30.6 Å². The van der Waals surface area contributed by atoms with E-state index in [0.717, 1.165) is 9.79 Å². The molecule has 1 saturated carbocycles. The van der Waals surface area contributed by atoms with Gasteiger partial charge in [0, 0.05) is 9.79 Å². The van der Waals surface area contributed by atoms with Crippen LogP contribution in [0.25, 0.3) is 0 Å². The van der Waals surface area contributed by atoms with E-state index in [1.807, 2.05) is 67.6 Å². The van der Waals surface area contributed by atoms with Crippen molar-refractivity contribution in [3.8, 4) is 0 Å². The SMILES string of the molecule is CCOP(=O)(Sc1ccccc1)Sc1ccccc1.C[C@H]1O[C@H](OC2[C@@H](O)[C@@H](O)C(O)[C@H](O)[C@H]2O)[C@@H](N)C[C@@H]1N=C(N)C(=O)O. The fraction of sp³-hybridized carbons (Fsp3) is 0.500. The number of aliphatic imine (C=N–C) groups is 1. The van der Waals surface area contributed by atoms with E-state index in [2.05, 4.69) is 4.99 Å². The molecule has 10 N–H and O–H groups in total. The lowest BCUT2D eigenvalue weighted by atomic mass is 9.84. The number of benzene rings is 2. The van der Waals surface area contributed by atoms with E-state index >= 15 is 0 Å². The molecule has 1 aliphatic carbocycles. The Labute approximate surface area is 268 Å². The Kier molecular flexibility index (Phi) is 14.3. The van der Waals surface area contributed by atoms with Gasteiger partial charge in [0.25, 0.3) is 0 Å². The first-order valence-electron chi connectivity index (χ1n) is 14.0. The van der Waals surface area contributed by atoms with Gasteiger partial charge < -0.3 is 56.1 Å². The summed E-state index contributed by atoms with van der Waals surface area (Å²) in [6, 6.07) is 18.0. The predicted octanol–water partition coefficient (Wildman–Crippen LogP) is 1.18. The van der Waals surface area contributed by atoms with Gasteiger partial charge >= 0.3 is 11.7 Å². The summed E-state index contributed by atoms with van der Waals surface area (Å²) < 4.78 is 29.4. The molecule has 250 valence electrons. The van der Waals surface area contributed by atoms with Gasteiger partial charge in [0.05, 0.1) is 24.8 Å². The summed E-state index contributed by atoms with van der Waals surface area (Å²) in [6.45, 7) is 3.90. The minimum Gasteiger partial charge on any atom is -0.475 e. The van der Waals surface area contributed by atoms with Crippen molar-refractivity contribution in [3.63, 3.8) is 0 Å². The second kappa shape index (κ2) is 17.2. The van der Waals surface area contributed by atoms with Gasteiger partial charge in [0.1, 0.15) is 36.6 Å². The van der Waals surface area contributed by atoms with Crippen LogP contribution in [0.4, 0.5) is 0 Å². The molecule has 10 atom stereocenters. The summed E-state index contributed by atoms with van der Waals surface area (Å²) in [5.74, 6) is -4.79. The molecule has 2 unspecified atom stereocenters. The lowest BCUT2D eigenvalue weighted by Gasteiger charge is -2.45. The van der Waals surface area contributed by atoms with Crippen molar-refractivity contribution < 1.29 is 54.0 Å². The number of amidine groups is 1. The molecule has 2 aromatic rings. The van der Waals surface area contributed by atoms with Crippen molar-refractivity contribution in [1.82, 2.24) is 0 Å². The van der Waals surface area contributed by atoms with Gasteiger partial charge in [-0.1, -0.05) is 36.4 Å². The van der Waals surface area contributed by atoms with E-state index in [1.54, 1.807) is 6.92 Å². The molecule has 2 aromatic carbocycles. The van der Waals surface area contributed by atoms with Crippen LogP contribution in [0.1, 0.15) is 20.3 Å². The molecule has 1 aliphatic heterocycles. The molecule has 0 spiro atoms. The monoisotopic (exact) mass is 689 g/mol. The molecule has 14 nitrogen and oxygen atoms in total. The van der Waals surface area contributed by atoms with E-state index in [0.29, 0.717) is 6.61 Å². The zero-order valence-electron chi connectivity index (χ0n) is 24.6. The molecule has 0 bridgehead atoms. The molecular formula is C28H40N3O11PS2. The summed E-state index contributed by atoms with van der Waals surface area (Å²) in [6.07, 6.45) is -11.7. The molecule has 0 amide bonds. The Morgan fingerprint density at radius 2 is 1.40 bits per heavy atom. The zero-order chi connectivity index (χ0) is 33.3. The molecule has 1 saturated heterocycles. The summed E-state index contributed by atoms with van der Waals surface area (Å²) in [5.41, 5.74) is 11.2. The minimum atomic E-state index is -2.83. The van der Waals surface area contributed by atoms with Crippen molar-refractivity contribution in [2.24, 2.45) is 16.5 Å². The Bertz CT molecular complexity index is 1240. The Morgan fingerprint density at radius 1 is 0.933 bits per heavy atom. The third-order valence-electron chi connectivity index (χ3n) is 6.85. The van der Waals surface area contributed by atoms with Crippen molar-refractivity contribution in [2.75, 3.05) is 6.61 Å². The molecule has 0 radical (unpaired) electrons. The number of ether oxygens (including phenoxy) is 2. The molecule has 2 fully saturated rings. The van der Waals surface area contributed by atoms with Crippen LogP contribution in [-0.4, -0.2) is 110 Å². The maximum absolute atomic E-state index is 12.9. The zero-order valence-corrected chi connectivity index (χ0v) is 27.1. The predicted molar refractivity (Wildman–Crippen MR) is 169 cm³/mol. The second-order valence-corrected chi connectivity index (χ2v) is 17.4. The quantitative estimate of drug-likeness (QED) is 0.105. The lowest BCUT2D eigenvalue weighted by Crippen LogP contribution is -2.66. The number of carboxylic acids is 1. The number of carbonyl (C=O) groups is 1. The third kappa shape index (κ3) is 10.5. The number of aliphatic hydroxyl groups is 5. The summed E-state index contributed by atoms with van der Waals surface area (Å²) >= 11 is 2.61. The summed E-state index contributed by atoms with van der Waals surface area (Å²) in [7, 11) is 0. The Morgan fingerprint density at radius 3 is 1.84 bits per heavy atom. The number of aliphatic hydroxyl groups excluding tert-OH is 5. The number of carboxylic acid groups (broad SMARTS) is 1. The van der Waals surface area contributed by atoms with Gasteiger partial charge in [-0.05, 0) is 67.3 Å². The molecule has 0 aromatic heterocycles. The van der Waals surface area contributed by atoms with Crippen molar-refractivity contribution >= 4 is 40.3 Å². The Balaban J connectivity index is 0.000000257. The normalized spacial score (nSPS) is 32.3. The highest BCUT2D eigenvalue weighted by Gasteiger charge is 2.51. The van der Waals surface area contributed by atoms with E-state index < -0.39 is 78.7 Å². The van der Waals surface area contributed by atoms with E-state index in [9.17, 15) is 34.9 Å². The van der Waals surface area contributed by atoms with E-state index in [-0.39, 0.29) is 6.42 Å². The fourth-order valence-corrected chi connectivity index (χ4v) is 11.2. The molecule has 1 heterocycles. The highest BCUT2D eigenvalue weighted by molar-refractivity contribution is 8.89. The maximum atomic E-state index is 12.9. The smallest absolute Gasteiger partial charge is 0.370 e.